The van der Waals surface area contributed by atoms with Gasteiger partial charge in [-0.25, -0.2) is 10.2 Å². The van der Waals surface area contributed by atoms with Crippen LogP contribution in [0.4, 0.5) is 4.79 Å². The van der Waals surface area contributed by atoms with Crippen molar-refractivity contribution in [1.82, 2.24) is 62.5 Å². The SMILES string of the molecule is CC(C)C[C@H](NC(=O)[C@@H](Cc1ccccc1)NC(=O)[C@H](Cc1ccc(O)cc1)NC(=O)[C@H](CO)NC(=O)[C@H](Cc1c[nH]c2ccccc12)NC(=O)[C@H](N)Cc1cn(C(=O)[C@@H]2CCC(=O)N2)c2ccccc12)C(=O)N[C@@H](CCCN=C(N)N)C(=O)N1CCC[C@H]1C(=O)NNC(N)=O. The van der Waals surface area contributed by atoms with Gasteiger partial charge in [-0.15, -0.1) is 0 Å². The number of carbonyl (C=O) groups is 11. The molecule has 0 radical (unpaired) electrons. The van der Waals surface area contributed by atoms with Gasteiger partial charge in [-0.3, -0.25) is 62.9 Å². The van der Waals surface area contributed by atoms with Crippen molar-refractivity contribution in [3.63, 3.8) is 0 Å². The van der Waals surface area contributed by atoms with Crippen molar-refractivity contribution >= 4 is 92.9 Å². The van der Waals surface area contributed by atoms with Crippen LogP contribution in [0.1, 0.15) is 85.8 Å². The summed E-state index contributed by atoms with van der Waals surface area (Å²) in [6.07, 6.45) is 3.90. The Balaban J connectivity index is 1.02. The lowest BCUT2D eigenvalue weighted by Crippen LogP contribution is -2.61. The molecule has 11 amide bonds. The van der Waals surface area contributed by atoms with Crippen molar-refractivity contribution in [2.24, 2.45) is 33.8 Å². The average molecular weight is 1320 g/mol. The maximum absolute atomic E-state index is 14.9. The van der Waals surface area contributed by atoms with Crippen LogP contribution in [-0.4, -0.2) is 170 Å². The molecule has 96 heavy (non-hydrogen) atoms. The highest BCUT2D eigenvalue weighted by atomic mass is 16.3. The fraction of sp³-hybridized carbons (Fsp3) is 0.394. The molecule has 8 rings (SSSR count). The normalized spacial score (nSPS) is 16.6. The smallest absolute Gasteiger partial charge is 0.330 e. The third-order valence-corrected chi connectivity index (χ3v) is 16.6. The number of amides is 11. The number of para-hydroxylation sites is 2. The summed E-state index contributed by atoms with van der Waals surface area (Å²) in [7, 11) is 0. The van der Waals surface area contributed by atoms with Crippen LogP contribution >= 0.6 is 0 Å². The number of nitrogens with zero attached hydrogens (tertiary/aromatic N) is 3. The molecule has 9 atom stereocenters. The highest BCUT2D eigenvalue weighted by molar-refractivity contribution is 6.01. The van der Waals surface area contributed by atoms with Gasteiger partial charge in [0.15, 0.2) is 5.96 Å². The maximum atomic E-state index is 14.9. The summed E-state index contributed by atoms with van der Waals surface area (Å²) in [6.45, 7) is 2.77. The molecular weight excluding hydrogens is 1240 g/mol. The molecule has 2 aliphatic rings. The molecule has 20 N–H and O–H groups in total. The average Bonchev–Trinajstić information content (AvgIpc) is 1.63. The number of guanidine groups is 1. The topological polar surface area (TPSA) is 477 Å². The van der Waals surface area contributed by atoms with Crippen LogP contribution in [-0.2, 0) is 68.8 Å². The number of aliphatic imine (C=N–C) groups is 1. The van der Waals surface area contributed by atoms with Gasteiger partial charge in [-0.1, -0.05) is 92.7 Å². The molecule has 2 fully saturated rings. The first-order valence-corrected chi connectivity index (χ1v) is 31.7. The summed E-state index contributed by atoms with van der Waals surface area (Å²) in [5, 5.41) is 41.3. The summed E-state index contributed by atoms with van der Waals surface area (Å²) in [4.78, 5) is 161. The first-order chi connectivity index (χ1) is 46.0. The Bertz CT molecular complexity index is 3830. The number of nitrogens with two attached hydrogens (primary N) is 4. The Morgan fingerprint density at radius 3 is 1.84 bits per heavy atom. The van der Waals surface area contributed by atoms with Crippen LogP contribution in [0.5, 0.6) is 5.75 Å². The molecule has 0 unspecified atom stereocenters. The van der Waals surface area contributed by atoms with E-state index in [0.29, 0.717) is 51.4 Å². The molecule has 6 aromatic rings. The number of aromatic hydroxyl groups is 1. The number of aliphatic hydroxyl groups excluding tert-OH is 1. The Hall–Kier alpha value is -10.9. The van der Waals surface area contributed by atoms with Gasteiger partial charge in [0.2, 0.25) is 47.3 Å². The number of primary amides is 1. The molecule has 510 valence electrons. The number of rotatable bonds is 30. The molecule has 30 nitrogen and oxygen atoms in total. The van der Waals surface area contributed by atoms with E-state index >= 15 is 0 Å². The minimum absolute atomic E-state index is 0.0157. The van der Waals surface area contributed by atoms with Gasteiger partial charge in [0, 0.05) is 67.5 Å². The lowest BCUT2D eigenvalue weighted by molar-refractivity contribution is -0.142. The van der Waals surface area contributed by atoms with Crippen LogP contribution in [0.25, 0.3) is 21.8 Å². The van der Waals surface area contributed by atoms with E-state index in [9.17, 15) is 63.0 Å². The molecule has 0 saturated carbocycles. The highest BCUT2D eigenvalue weighted by Gasteiger charge is 2.40. The molecule has 2 aliphatic heterocycles. The number of aliphatic hydroxyl groups is 1. The van der Waals surface area contributed by atoms with Crippen molar-refractivity contribution in [2.75, 3.05) is 19.7 Å². The van der Waals surface area contributed by atoms with Gasteiger partial charge in [0.25, 0.3) is 11.8 Å². The summed E-state index contributed by atoms with van der Waals surface area (Å²) >= 11 is 0. The van der Waals surface area contributed by atoms with E-state index in [1.165, 1.54) is 33.7 Å². The number of benzene rings is 4. The van der Waals surface area contributed by atoms with E-state index in [1.54, 1.807) is 86.9 Å². The number of fused-ring (bicyclic) bond motifs is 2. The standard InChI is InChI=1S/C66H83N17O13/c1-36(2)28-48(57(88)74-46(17-10-26-71-65(68)69)63(94)82-27-11-19-54(82)62(93)80-81-66(70)96)76-58(89)49(29-37-12-4-3-5-13-37)77-59(90)50(30-38-20-22-41(85)23-21-38)78-61(92)52(35-84)79-60(91)51(32-39-33-72-45-16-8-6-14-42(39)45)75-56(87)44(67)31-40-34-83(53-18-9-7-15-43(40)53)64(95)47-24-25-55(86)73-47/h3-9,12-16,18,20-23,33-34,36,44,46-52,54,72,84-85H,10-11,17,19,24-32,35,67H2,1-2H3,(H,73,86)(H,74,88)(H,75,87)(H,76,89)(H,77,90)(H,78,92)(H,79,91)(H,80,93)(H4,68,69,71)(H3,70,81,96)/t44-,46+,47+,48+,49-,50+,51+,52+,54+/m1/s1. The number of phenolic OH excluding ortho intramolecular Hbond substituents is 1. The minimum atomic E-state index is -1.77. The predicted octanol–water partition coefficient (Wildman–Crippen LogP) is -0.964. The fourth-order valence-corrected chi connectivity index (χ4v) is 11.8. The molecular formula is C66H83N17O13. The number of phenols is 1. The summed E-state index contributed by atoms with van der Waals surface area (Å²) in [5.74, 6) is -7.88. The van der Waals surface area contributed by atoms with Crippen molar-refractivity contribution in [3.8, 4) is 5.75 Å². The summed E-state index contributed by atoms with van der Waals surface area (Å²) < 4.78 is 1.42. The Morgan fingerprint density at radius 2 is 1.21 bits per heavy atom. The summed E-state index contributed by atoms with van der Waals surface area (Å²) in [5.41, 5.74) is 30.4. The number of hydrazine groups is 1. The molecule has 2 saturated heterocycles. The van der Waals surface area contributed by atoms with Crippen LogP contribution in [0.2, 0.25) is 0 Å². The lowest BCUT2D eigenvalue weighted by Gasteiger charge is -2.30. The number of hydrogen-bond donors (Lipinski definition) is 16. The lowest BCUT2D eigenvalue weighted by atomic mass is 9.99. The third kappa shape index (κ3) is 19.1. The minimum Gasteiger partial charge on any atom is -0.508 e. The van der Waals surface area contributed by atoms with Crippen molar-refractivity contribution < 1.29 is 63.0 Å². The van der Waals surface area contributed by atoms with Crippen LogP contribution in [0.15, 0.2) is 121 Å². The van der Waals surface area contributed by atoms with Crippen LogP contribution in [0.3, 0.4) is 0 Å². The van der Waals surface area contributed by atoms with Gasteiger partial charge in [-0.05, 0) is 97.4 Å². The zero-order valence-electron chi connectivity index (χ0n) is 53.2. The number of H-pyrrole nitrogens is 1. The quantitative estimate of drug-likeness (QED) is 0.0112. The van der Waals surface area contributed by atoms with Gasteiger partial charge in [0.1, 0.15) is 54.1 Å². The van der Waals surface area contributed by atoms with Gasteiger partial charge >= 0.3 is 6.03 Å². The highest BCUT2D eigenvalue weighted by Crippen LogP contribution is 2.26. The maximum Gasteiger partial charge on any atom is 0.330 e. The van der Waals surface area contributed by atoms with Crippen molar-refractivity contribution in [2.45, 2.75) is 139 Å². The molecule has 0 bridgehead atoms. The zero-order chi connectivity index (χ0) is 69.2. The number of nitrogens with one attached hydrogen (secondary N) is 10. The zero-order valence-corrected chi connectivity index (χ0v) is 53.2. The molecule has 4 heterocycles. The van der Waals surface area contributed by atoms with Crippen molar-refractivity contribution in [3.05, 3.63) is 138 Å². The van der Waals surface area contributed by atoms with E-state index in [-0.39, 0.29) is 100 Å². The fourth-order valence-electron chi connectivity index (χ4n) is 11.8. The second kappa shape index (κ2) is 33.3. The monoisotopic (exact) mass is 1320 g/mol. The van der Waals surface area contributed by atoms with Crippen molar-refractivity contribution in [1.29, 1.82) is 0 Å². The Kier molecular flexibility index (Phi) is 24.6. The largest absolute Gasteiger partial charge is 0.508 e. The first kappa shape index (κ1) is 71.0. The van der Waals surface area contributed by atoms with Gasteiger partial charge < -0.3 is 80.2 Å². The number of aromatic amines is 1. The van der Waals surface area contributed by atoms with E-state index in [1.807, 2.05) is 23.6 Å². The van der Waals surface area contributed by atoms with Crippen LogP contribution < -0.4 is 71.0 Å². The Morgan fingerprint density at radius 1 is 0.635 bits per heavy atom. The number of urea groups is 1. The molecule has 0 aliphatic carbocycles. The third-order valence-electron chi connectivity index (χ3n) is 16.6. The van der Waals surface area contributed by atoms with E-state index in [2.05, 4.69) is 52.6 Å². The number of carbonyl (C=O) groups excluding carboxylic acids is 11. The van der Waals surface area contributed by atoms with E-state index < -0.39 is 114 Å². The number of aromatic nitrogens is 2. The van der Waals surface area contributed by atoms with Gasteiger partial charge in [-0.2, -0.15) is 0 Å². The number of hydrogen-bond acceptors (Lipinski definition) is 15. The Labute approximate surface area is 552 Å². The van der Waals surface area contributed by atoms with Crippen LogP contribution in [0, 0.1) is 5.92 Å². The second-order valence-corrected chi connectivity index (χ2v) is 24.3. The number of likely N-dealkylation sites (tertiary alicyclic amines) is 1. The van der Waals surface area contributed by atoms with E-state index in [4.69, 9.17) is 22.9 Å². The van der Waals surface area contributed by atoms with E-state index in [0.717, 1.165) is 5.52 Å². The summed E-state index contributed by atoms with van der Waals surface area (Å²) in [6, 6.07) is 15.5. The molecule has 4 aromatic carbocycles. The molecule has 30 heteroatoms. The first-order valence-electron chi connectivity index (χ1n) is 31.7. The second-order valence-electron chi connectivity index (χ2n) is 24.3. The van der Waals surface area contributed by atoms with Gasteiger partial charge in [0.05, 0.1) is 18.2 Å². The predicted molar refractivity (Wildman–Crippen MR) is 353 cm³/mol. The molecule has 2 aromatic heterocycles. The molecule has 0 spiro atoms.